The molecule has 0 aromatic heterocycles. The number of carbonyl (C=O) groups excluding carboxylic acids is 1. The molecule has 14 heavy (non-hydrogen) atoms. The second-order valence-electron chi connectivity index (χ2n) is 4.18. The van der Waals surface area contributed by atoms with Crippen LogP contribution in [-0.2, 0) is 4.74 Å². The van der Waals surface area contributed by atoms with Crippen LogP contribution in [0.25, 0.3) is 0 Å². The summed E-state index contributed by atoms with van der Waals surface area (Å²) in [7, 11) is 0. The fourth-order valence-electron chi connectivity index (χ4n) is 1.97. The molecule has 0 aromatic rings. The van der Waals surface area contributed by atoms with Gasteiger partial charge in [0.1, 0.15) is 0 Å². The van der Waals surface area contributed by atoms with Crippen LogP contribution in [0, 0.1) is 5.92 Å². The second kappa shape index (κ2) is 5.89. The van der Waals surface area contributed by atoms with Gasteiger partial charge in [-0.3, -0.25) is 0 Å². The lowest BCUT2D eigenvalue weighted by atomic mass is 10.0. The Morgan fingerprint density at radius 2 is 2.14 bits per heavy atom. The van der Waals surface area contributed by atoms with Crippen LogP contribution >= 0.6 is 0 Å². The van der Waals surface area contributed by atoms with Gasteiger partial charge in [0.05, 0.1) is 6.61 Å². The second-order valence-corrected chi connectivity index (χ2v) is 4.18. The van der Waals surface area contributed by atoms with Crippen LogP contribution in [0.3, 0.4) is 0 Å². The summed E-state index contributed by atoms with van der Waals surface area (Å²) in [6.45, 7) is 4.57. The van der Waals surface area contributed by atoms with E-state index < -0.39 is 0 Å². The molecule has 1 amide bonds. The third-order valence-corrected chi connectivity index (χ3v) is 2.85. The number of ether oxygens (including phenoxy) is 1. The van der Waals surface area contributed by atoms with Gasteiger partial charge in [-0.05, 0) is 32.1 Å². The summed E-state index contributed by atoms with van der Waals surface area (Å²) in [5.41, 5.74) is 0. The van der Waals surface area contributed by atoms with Crippen molar-refractivity contribution in [2.75, 3.05) is 6.61 Å². The normalized spacial score (nSPS) is 27.9. The van der Waals surface area contributed by atoms with Crippen molar-refractivity contribution in [2.45, 2.75) is 52.0 Å². The zero-order valence-corrected chi connectivity index (χ0v) is 9.21. The first-order valence-corrected chi connectivity index (χ1v) is 5.65. The summed E-state index contributed by atoms with van der Waals surface area (Å²) in [6, 6.07) is 0.332. The van der Waals surface area contributed by atoms with Gasteiger partial charge in [-0.2, -0.15) is 0 Å². The monoisotopic (exact) mass is 199 g/mol. The predicted octanol–water partition coefficient (Wildman–Crippen LogP) is 2.70. The maximum Gasteiger partial charge on any atom is 0.407 e. The molecule has 1 N–H and O–H groups in total. The van der Waals surface area contributed by atoms with E-state index in [0.717, 1.165) is 18.8 Å². The van der Waals surface area contributed by atoms with Gasteiger partial charge in [0.25, 0.3) is 0 Å². The first-order chi connectivity index (χ1) is 6.72. The topological polar surface area (TPSA) is 38.3 Å². The SMILES string of the molecule is CCOC(=O)NC1CCCC(C)CC1. The van der Waals surface area contributed by atoms with Crippen LogP contribution in [0.15, 0.2) is 0 Å². The Morgan fingerprint density at radius 1 is 1.36 bits per heavy atom. The molecule has 0 aromatic carbocycles. The van der Waals surface area contributed by atoms with Crippen molar-refractivity contribution < 1.29 is 9.53 Å². The molecule has 0 saturated heterocycles. The van der Waals surface area contributed by atoms with Gasteiger partial charge < -0.3 is 10.1 Å². The number of rotatable bonds is 2. The molecular weight excluding hydrogens is 178 g/mol. The van der Waals surface area contributed by atoms with Crippen molar-refractivity contribution in [1.82, 2.24) is 5.32 Å². The highest BCUT2D eigenvalue weighted by molar-refractivity contribution is 5.67. The number of hydrogen-bond donors (Lipinski definition) is 1. The minimum atomic E-state index is -0.257. The molecule has 0 bridgehead atoms. The van der Waals surface area contributed by atoms with E-state index in [1.54, 1.807) is 0 Å². The van der Waals surface area contributed by atoms with Gasteiger partial charge in [0, 0.05) is 6.04 Å². The van der Waals surface area contributed by atoms with Gasteiger partial charge in [-0.15, -0.1) is 0 Å². The first-order valence-electron chi connectivity index (χ1n) is 5.65. The first kappa shape index (κ1) is 11.3. The third-order valence-electron chi connectivity index (χ3n) is 2.85. The van der Waals surface area contributed by atoms with Crippen molar-refractivity contribution in [1.29, 1.82) is 0 Å². The van der Waals surface area contributed by atoms with Crippen molar-refractivity contribution in [3.8, 4) is 0 Å². The minimum absolute atomic E-state index is 0.257. The van der Waals surface area contributed by atoms with E-state index in [9.17, 15) is 4.79 Å². The molecule has 0 heterocycles. The molecular formula is C11H21NO2. The van der Waals surface area contributed by atoms with Crippen molar-refractivity contribution in [2.24, 2.45) is 5.92 Å². The molecule has 1 rings (SSSR count). The van der Waals surface area contributed by atoms with E-state index in [4.69, 9.17) is 4.74 Å². The Hall–Kier alpha value is -0.730. The molecule has 1 aliphatic carbocycles. The number of hydrogen-bond acceptors (Lipinski definition) is 2. The summed E-state index contributed by atoms with van der Waals surface area (Å²) in [6.07, 6.45) is 5.67. The minimum Gasteiger partial charge on any atom is -0.450 e. The zero-order valence-electron chi connectivity index (χ0n) is 9.21. The van der Waals surface area contributed by atoms with E-state index in [2.05, 4.69) is 12.2 Å². The van der Waals surface area contributed by atoms with Crippen LogP contribution in [0.1, 0.15) is 46.0 Å². The average Bonchev–Trinajstić information content (AvgIpc) is 2.32. The van der Waals surface area contributed by atoms with Crippen LogP contribution in [-0.4, -0.2) is 18.7 Å². The Balaban J connectivity index is 2.26. The maximum absolute atomic E-state index is 11.2. The highest BCUT2D eigenvalue weighted by atomic mass is 16.5. The molecule has 1 fully saturated rings. The molecule has 0 radical (unpaired) electrons. The molecule has 1 saturated carbocycles. The van der Waals surface area contributed by atoms with Crippen LogP contribution in [0.5, 0.6) is 0 Å². The van der Waals surface area contributed by atoms with E-state index in [-0.39, 0.29) is 6.09 Å². The summed E-state index contributed by atoms with van der Waals surface area (Å²) >= 11 is 0. The molecule has 1 aliphatic rings. The van der Waals surface area contributed by atoms with Gasteiger partial charge in [-0.25, -0.2) is 4.79 Å². The molecule has 3 nitrogen and oxygen atoms in total. The van der Waals surface area contributed by atoms with Crippen LogP contribution < -0.4 is 5.32 Å². The Kier molecular flexibility index (Phi) is 4.77. The number of nitrogens with one attached hydrogen (secondary N) is 1. The quantitative estimate of drug-likeness (QED) is 0.694. The van der Waals surface area contributed by atoms with Crippen molar-refractivity contribution in [3.05, 3.63) is 0 Å². The largest absolute Gasteiger partial charge is 0.450 e. The summed E-state index contributed by atoms with van der Waals surface area (Å²) in [5.74, 6) is 0.809. The fraction of sp³-hybridized carbons (Fsp3) is 0.909. The number of alkyl carbamates (subject to hydrolysis) is 1. The highest BCUT2D eigenvalue weighted by Crippen LogP contribution is 2.22. The highest BCUT2D eigenvalue weighted by Gasteiger charge is 2.17. The third kappa shape index (κ3) is 3.99. The van der Waals surface area contributed by atoms with Crippen LogP contribution in [0.4, 0.5) is 4.79 Å². The van der Waals surface area contributed by atoms with Gasteiger partial charge in [0.2, 0.25) is 0 Å². The van der Waals surface area contributed by atoms with E-state index >= 15 is 0 Å². The zero-order chi connectivity index (χ0) is 10.4. The summed E-state index contributed by atoms with van der Waals surface area (Å²) < 4.78 is 4.86. The Morgan fingerprint density at radius 3 is 2.86 bits per heavy atom. The lowest BCUT2D eigenvalue weighted by Crippen LogP contribution is -2.34. The average molecular weight is 199 g/mol. The van der Waals surface area contributed by atoms with E-state index in [1.165, 1.54) is 19.3 Å². The van der Waals surface area contributed by atoms with E-state index in [1.807, 2.05) is 6.92 Å². The number of amides is 1. The molecule has 0 spiro atoms. The Labute approximate surface area is 86.2 Å². The summed E-state index contributed by atoms with van der Waals surface area (Å²) in [4.78, 5) is 11.2. The lowest BCUT2D eigenvalue weighted by molar-refractivity contribution is 0.147. The molecule has 2 atom stereocenters. The maximum atomic E-state index is 11.2. The molecule has 3 heteroatoms. The summed E-state index contributed by atoms with van der Waals surface area (Å²) in [5, 5.41) is 2.92. The predicted molar refractivity (Wildman–Crippen MR) is 56.2 cm³/mol. The lowest BCUT2D eigenvalue weighted by Gasteiger charge is -2.15. The molecule has 0 aliphatic heterocycles. The Bertz CT molecular complexity index is 182. The van der Waals surface area contributed by atoms with Crippen molar-refractivity contribution >= 4 is 6.09 Å². The number of carbonyl (C=O) groups is 1. The van der Waals surface area contributed by atoms with E-state index in [0.29, 0.717) is 12.6 Å². The molecule has 2 unspecified atom stereocenters. The van der Waals surface area contributed by atoms with Crippen LogP contribution in [0.2, 0.25) is 0 Å². The van der Waals surface area contributed by atoms with Gasteiger partial charge in [-0.1, -0.05) is 19.8 Å². The molecule has 82 valence electrons. The van der Waals surface area contributed by atoms with Gasteiger partial charge >= 0.3 is 6.09 Å². The van der Waals surface area contributed by atoms with Crippen molar-refractivity contribution in [3.63, 3.8) is 0 Å². The smallest absolute Gasteiger partial charge is 0.407 e. The fourth-order valence-corrected chi connectivity index (χ4v) is 1.97. The van der Waals surface area contributed by atoms with Gasteiger partial charge in [0.15, 0.2) is 0 Å². The standard InChI is InChI=1S/C11H21NO2/c1-3-14-11(13)12-10-6-4-5-9(2)7-8-10/h9-10H,3-8H2,1-2H3,(H,12,13).